The molecule has 140 valence electrons. The van der Waals surface area contributed by atoms with Crippen LogP contribution in [0.1, 0.15) is 5.69 Å². The molecule has 4 rings (SSSR count). The van der Waals surface area contributed by atoms with Gasteiger partial charge in [0, 0.05) is 23.5 Å². The smallest absolute Gasteiger partial charge is 0.279 e. The van der Waals surface area contributed by atoms with Gasteiger partial charge in [-0.05, 0) is 37.3 Å². The quantitative estimate of drug-likeness (QED) is 0.540. The summed E-state index contributed by atoms with van der Waals surface area (Å²) in [4.78, 5) is 37.7. The van der Waals surface area contributed by atoms with Crippen molar-refractivity contribution in [3.8, 4) is 16.8 Å². The van der Waals surface area contributed by atoms with Gasteiger partial charge in [0.05, 0.1) is 16.8 Å². The Morgan fingerprint density at radius 2 is 1.61 bits per heavy atom. The topological polar surface area (TPSA) is 73.1 Å². The minimum Gasteiger partial charge on any atom is -0.352 e. The summed E-state index contributed by atoms with van der Waals surface area (Å²) in [7, 11) is 1.74. The van der Waals surface area contributed by atoms with Crippen LogP contribution < -0.4 is 21.7 Å². The Balaban J connectivity index is 1.88. The van der Waals surface area contributed by atoms with Crippen molar-refractivity contribution in [2.45, 2.75) is 6.92 Å². The molecule has 0 aliphatic heterocycles. The Bertz CT molecular complexity index is 1330. The molecule has 28 heavy (non-hydrogen) atoms. The van der Waals surface area contributed by atoms with Gasteiger partial charge < -0.3 is 5.32 Å². The molecule has 1 heterocycles. The molecule has 4 aromatic rings. The molecule has 0 fully saturated rings. The zero-order valence-corrected chi connectivity index (χ0v) is 15.9. The van der Waals surface area contributed by atoms with E-state index >= 15 is 0 Å². The maximum absolute atomic E-state index is 13.1. The Kier molecular flexibility index (Phi) is 4.28. The van der Waals surface area contributed by atoms with Crippen LogP contribution in [-0.4, -0.2) is 9.36 Å². The number of halogens is 1. The predicted molar refractivity (Wildman–Crippen MR) is 111 cm³/mol. The van der Waals surface area contributed by atoms with Crippen molar-refractivity contribution in [2.75, 3.05) is 5.32 Å². The molecule has 0 radical (unpaired) electrons. The first-order valence-corrected chi connectivity index (χ1v) is 8.98. The van der Waals surface area contributed by atoms with Gasteiger partial charge in [0.25, 0.3) is 11.0 Å². The summed E-state index contributed by atoms with van der Waals surface area (Å²) >= 11 is 5.99. The number of para-hydroxylation sites is 1. The first-order valence-electron chi connectivity index (χ1n) is 8.60. The molecule has 0 atom stereocenters. The molecule has 1 aromatic heterocycles. The first-order chi connectivity index (χ1) is 13.4. The molecule has 1 N–H and O–H groups in total. The Morgan fingerprint density at radius 1 is 0.893 bits per heavy atom. The Labute approximate surface area is 164 Å². The zero-order valence-electron chi connectivity index (χ0n) is 15.2. The lowest BCUT2D eigenvalue weighted by molar-refractivity contribution is 0.630. The molecule has 0 spiro atoms. The zero-order chi connectivity index (χ0) is 20.0. The number of rotatable bonds is 4. The summed E-state index contributed by atoms with van der Waals surface area (Å²) in [6.07, 6.45) is 0. The number of nitrogens with one attached hydrogen (secondary N) is 1. The molecule has 0 aliphatic rings. The lowest BCUT2D eigenvalue weighted by atomic mass is 9.98. The molecule has 6 nitrogen and oxygen atoms in total. The van der Waals surface area contributed by atoms with Gasteiger partial charge >= 0.3 is 0 Å². The lowest BCUT2D eigenvalue weighted by Crippen LogP contribution is -2.37. The third kappa shape index (κ3) is 2.70. The van der Waals surface area contributed by atoms with Crippen LogP contribution in [0.2, 0.25) is 5.02 Å². The number of benzene rings is 2. The molecule has 0 amide bonds. The number of aromatic nitrogens is 2. The summed E-state index contributed by atoms with van der Waals surface area (Å²) in [6, 6.07) is 15.9. The van der Waals surface area contributed by atoms with Gasteiger partial charge in [-0.3, -0.25) is 19.1 Å². The lowest BCUT2D eigenvalue weighted by Gasteiger charge is -2.12. The third-order valence-corrected chi connectivity index (χ3v) is 5.04. The van der Waals surface area contributed by atoms with Crippen molar-refractivity contribution in [3.05, 3.63) is 96.1 Å². The van der Waals surface area contributed by atoms with E-state index < -0.39 is 10.9 Å². The van der Waals surface area contributed by atoms with Gasteiger partial charge in [0.1, 0.15) is 5.69 Å². The van der Waals surface area contributed by atoms with Crippen molar-refractivity contribution < 1.29 is 0 Å². The highest BCUT2D eigenvalue weighted by Crippen LogP contribution is 2.28. The van der Waals surface area contributed by atoms with Crippen molar-refractivity contribution in [1.82, 2.24) is 9.36 Å². The molecule has 0 unspecified atom stereocenters. The van der Waals surface area contributed by atoms with Gasteiger partial charge in [-0.1, -0.05) is 35.9 Å². The van der Waals surface area contributed by atoms with Gasteiger partial charge in [-0.2, -0.15) is 0 Å². The number of hydrogen-bond acceptors (Lipinski definition) is 4. The van der Waals surface area contributed by atoms with Gasteiger partial charge in [-0.25, -0.2) is 4.68 Å². The van der Waals surface area contributed by atoms with Gasteiger partial charge in [0.15, 0.2) is 0 Å². The molecule has 0 bridgehead atoms. The largest absolute Gasteiger partial charge is 0.352 e. The summed E-state index contributed by atoms with van der Waals surface area (Å²) < 4.78 is 3.15. The van der Waals surface area contributed by atoms with Crippen molar-refractivity contribution in [1.29, 1.82) is 0 Å². The average molecular weight is 394 g/mol. The molecule has 3 aromatic carbocycles. The van der Waals surface area contributed by atoms with E-state index in [0.29, 0.717) is 22.1 Å². The van der Waals surface area contributed by atoms with E-state index in [2.05, 4.69) is 5.32 Å². The standard InChI is InChI=1S/C21H16ClN3O3/c1-12-16(21(28)25(24(12)2)15-9-4-3-5-10-15)17-18(20(27)19(17)26)23-14-8-6-7-13(22)11-14/h3-11,23H,1-2H3. The Hall–Kier alpha value is -3.38. The molecular formula is C21H16ClN3O3. The van der Waals surface area contributed by atoms with Gasteiger partial charge in [0.2, 0.25) is 5.43 Å². The normalized spacial score (nSPS) is 11.1. The summed E-state index contributed by atoms with van der Waals surface area (Å²) in [5, 5.41) is 3.43. The minimum atomic E-state index is -0.671. The monoisotopic (exact) mass is 393 g/mol. The van der Waals surface area contributed by atoms with E-state index in [-0.39, 0.29) is 22.4 Å². The van der Waals surface area contributed by atoms with Crippen molar-refractivity contribution in [2.24, 2.45) is 7.05 Å². The van der Waals surface area contributed by atoms with Crippen LogP contribution in [0.4, 0.5) is 11.4 Å². The maximum Gasteiger partial charge on any atom is 0.279 e. The third-order valence-electron chi connectivity index (χ3n) is 4.81. The second-order valence-corrected chi connectivity index (χ2v) is 6.92. The molecule has 0 aliphatic carbocycles. The van der Waals surface area contributed by atoms with Crippen molar-refractivity contribution >= 4 is 23.0 Å². The number of hydrogen-bond donors (Lipinski definition) is 1. The summed E-state index contributed by atoms with van der Waals surface area (Å²) in [5.74, 6) is 0. The van der Waals surface area contributed by atoms with Crippen LogP contribution >= 0.6 is 11.6 Å². The summed E-state index contributed by atoms with van der Waals surface area (Å²) in [6.45, 7) is 1.75. The van der Waals surface area contributed by atoms with E-state index in [1.54, 1.807) is 55.1 Å². The van der Waals surface area contributed by atoms with E-state index in [1.807, 2.05) is 18.2 Å². The molecule has 7 heteroatoms. The van der Waals surface area contributed by atoms with Crippen LogP contribution in [0, 0.1) is 6.92 Å². The SMILES string of the molecule is Cc1c(-c2c(Nc3cccc(Cl)c3)c(=O)c2=O)c(=O)n(-c2ccccc2)n1C. The van der Waals surface area contributed by atoms with Crippen LogP contribution in [-0.2, 0) is 7.05 Å². The van der Waals surface area contributed by atoms with Crippen LogP contribution in [0.15, 0.2) is 69.0 Å². The maximum atomic E-state index is 13.1. The van der Waals surface area contributed by atoms with Crippen molar-refractivity contribution in [3.63, 3.8) is 0 Å². The fourth-order valence-electron chi connectivity index (χ4n) is 3.32. The molecular weight excluding hydrogens is 378 g/mol. The number of anilines is 2. The number of nitrogens with zero attached hydrogens (tertiary/aromatic N) is 2. The van der Waals surface area contributed by atoms with E-state index in [0.717, 1.165) is 0 Å². The van der Waals surface area contributed by atoms with Crippen LogP contribution in [0.3, 0.4) is 0 Å². The second kappa shape index (κ2) is 6.65. The van der Waals surface area contributed by atoms with Crippen LogP contribution in [0.25, 0.3) is 16.8 Å². The Morgan fingerprint density at radius 3 is 2.29 bits per heavy atom. The van der Waals surface area contributed by atoms with E-state index in [1.165, 1.54) is 4.68 Å². The first kappa shape index (κ1) is 18.0. The molecule has 0 saturated carbocycles. The average Bonchev–Trinajstić information content (AvgIpc) is 2.91. The fraction of sp³-hybridized carbons (Fsp3) is 0.0952. The van der Waals surface area contributed by atoms with Crippen LogP contribution in [0.5, 0.6) is 0 Å². The highest BCUT2D eigenvalue weighted by Gasteiger charge is 2.29. The summed E-state index contributed by atoms with van der Waals surface area (Å²) in [5.41, 5.74) is 0.601. The van der Waals surface area contributed by atoms with E-state index in [4.69, 9.17) is 11.6 Å². The highest BCUT2D eigenvalue weighted by atomic mass is 35.5. The second-order valence-electron chi connectivity index (χ2n) is 6.48. The molecule has 0 saturated heterocycles. The minimum absolute atomic E-state index is 0.109. The highest BCUT2D eigenvalue weighted by molar-refractivity contribution is 6.30. The fourth-order valence-corrected chi connectivity index (χ4v) is 3.51. The van der Waals surface area contributed by atoms with E-state index in [9.17, 15) is 14.4 Å². The van der Waals surface area contributed by atoms with Gasteiger partial charge in [-0.15, -0.1) is 0 Å². The predicted octanol–water partition coefficient (Wildman–Crippen LogP) is 3.14.